The van der Waals surface area contributed by atoms with Gasteiger partial charge in [-0.1, -0.05) is 26.0 Å². The van der Waals surface area contributed by atoms with Crippen LogP contribution in [-0.4, -0.2) is 34.6 Å². The first-order chi connectivity index (χ1) is 11.4. The molecule has 1 N–H and O–H groups in total. The van der Waals surface area contributed by atoms with E-state index in [0.717, 1.165) is 0 Å². The highest BCUT2D eigenvalue weighted by atomic mass is 16.5. The van der Waals surface area contributed by atoms with Gasteiger partial charge in [0, 0.05) is 13.0 Å². The predicted octanol–water partition coefficient (Wildman–Crippen LogP) is 1.10. The molecular formula is C17H21N3O4. The summed E-state index contributed by atoms with van der Waals surface area (Å²) in [5.74, 6) is -0.895. The molecule has 2 aromatic rings. The number of carbonyl (C=O) groups excluding carboxylic acids is 2. The predicted molar refractivity (Wildman–Crippen MR) is 89.4 cm³/mol. The van der Waals surface area contributed by atoms with E-state index in [-0.39, 0.29) is 30.3 Å². The molecular weight excluding hydrogens is 310 g/mol. The van der Waals surface area contributed by atoms with Gasteiger partial charge in [-0.25, -0.2) is 9.78 Å². The van der Waals surface area contributed by atoms with Crippen LogP contribution in [0.1, 0.15) is 20.3 Å². The van der Waals surface area contributed by atoms with Crippen molar-refractivity contribution in [2.75, 3.05) is 7.11 Å². The van der Waals surface area contributed by atoms with E-state index in [4.69, 9.17) is 0 Å². The molecule has 7 nitrogen and oxygen atoms in total. The summed E-state index contributed by atoms with van der Waals surface area (Å²) in [5, 5.41) is 3.15. The van der Waals surface area contributed by atoms with Gasteiger partial charge < -0.3 is 10.1 Å². The Hall–Kier alpha value is -2.70. The maximum Gasteiger partial charge on any atom is 0.328 e. The van der Waals surface area contributed by atoms with Gasteiger partial charge in [-0.3, -0.25) is 14.2 Å². The molecule has 0 aliphatic carbocycles. The first-order valence-electron chi connectivity index (χ1n) is 7.75. The topological polar surface area (TPSA) is 90.3 Å². The highest BCUT2D eigenvalue weighted by molar-refractivity contribution is 5.84. The summed E-state index contributed by atoms with van der Waals surface area (Å²) in [7, 11) is 1.28. The molecule has 0 aliphatic heterocycles. The van der Waals surface area contributed by atoms with Crippen molar-refractivity contribution in [3.05, 3.63) is 40.9 Å². The van der Waals surface area contributed by atoms with Crippen LogP contribution in [0.25, 0.3) is 10.9 Å². The van der Waals surface area contributed by atoms with E-state index >= 15 is 0 Å². The molecule has 0 aliphatic rings. The summed E-state index contributed by atoms with van der Waals surface area (Å²) in [6.07, 6.45) is 1.50. The molecule has 2 rings (SSSR count). The zero-order valence-corrected chi connectivity index (χ0v) is 14.0. The van der Waals surface area contributed by atoms with Crippen LogP contribution in [0.3, 0.4) is 0 Å². The quantitative estimate of drug-likeness (QED) is 0.801. The van der Waals surface area contributed by atoms with Gasteiger partial charge in [-0.15, -0.1) is 0 Å². The van der Waals surface area contributed by atoms with Gasteiger partial charge in [-0.2, -0.15) is 0 Å². The average Bonchev–Trinajstić information content (AvgIpc) is 2.58. The molecule has 7 heteroatoms. The van der Waals surface area contributed by atoms with Crippen molar-refractivity contribution in [3.63, 3.8) is 0 Å². The Balaban J connectivity index is 2.05. The number of carbonyl (C=O) groups is 2. The van der Waals surface area contributed by atoms with Crippen LogP contribution < -0.4 is 10.9 Å². The number of para-hydroxylation sites is 1. The summed E-state index contributed by atoms with van der Waals surface area (Å²) >= 11 is 0. The fourth-order valence-corrected chi connectivity index (χ4v) is 2.36. The van der Waals surface area contributed by atoms with Crippen LogP contribution in [0, 0.1) is 5.92 Å². The Morgan fingerprint density at radius 2 is 2.00 bits per heavy atom. The maximum absolute atomic E-state index is 12.3. The van der Waals surface area contributed by atoms with E-state index in [9.17, 15) is 14.4 Å². The lowest BCUT2D eigenvalue weighted by molar-refractivity contribution is -0.146. The van der Waals surface area contributed by atoms with Crippen LogP contribution in [-0.2, 0) is 20.9 Å². The fraction of sp³-hybridized carbons (Fsp3) is 0.412. The number of rotatable bonds is 6. The lowest BCUT2D eigenvalue weighted by Crippen LogP contribution is -2.45. The SMILES string of the molecule is COC(=O)C(NC(=O)CCn1cnc2ccccc2c1=O)C(C)C. The van der Waals surface area contributed by atoms with Crippen molar-refractivity contribution in [3.8, 4) is 0 Å². The van der Waals surface area contributed by atoms with Gasteiger partial charge >= 0.3 is 5.97 Å². The zero-order valence-electron chi connectivity index (χ0n) is 14.0. The third-order valence-electron chi connectivity index (χ3n) is 3.75. The Kier molecular flexibility index (Phi) is 5.68. The third kappa shape index (κ3) is 3.98. The highest BCUT2D eigenvalue weighted by Crippen LogP contribution is 2.06. The Labute approximate surface area is 139 Å². The minimum Gasteiger partial charge on any atom is -0.467 e. The van der Waals surface area contributed by atoms with E-state index in [1.807, 2.05) is 19.9 Å². The Bertz CT molecular complexity index is 798. The molecule has 0 fully saturated rings. The molecule has 0 saturated heterocycles. The number of nitrogens with one attached hydrogen (secondary N) is 1. The number of benzene rings is 1. The molecule has 1 heterocycles. The van der Waals surface area contributed by atoms with Gasteiger partial charge in [0.1, 0.15) is 6.04 Å². The standard InChI is InChI=1S/C17H21N3O4/c1-11(2)15(17(23)24-3)19-14(21)8-9-20-10-18-13-7-5-4-6-12(13)16(20)22/h4-7,10-11,15H,8-9H2,1-3H3,(H,19,21). The molecule has 24 heavy (non-hydrogen) atoms. The number of hydrogen-bond donors (Lipinski definition) is 1. The van der Waals surface area contributed by atoms with Gasteiger partial charge in [0.2, 0.25) is 5.91 Å². The molecule has 1 aromatic heterocycles. The fourth-order valence-electron chi connectivity index (χ4n) is 2.36. The highest BCUT2D eigenvalue weighted by Gasteiger charge is 2.24. The van der Waals surface area contributed by atoms with Crippen molar-refractivity contribution in [2.45, 2.75) is 32.9 Å². The van der Waals surface area contributed by atoms with Gasteiger partial charge in [0.15, 0.2) is 0 Å². The van der Waals surface area contributed by atoms with E-state index in [1.54, 1.807) is 18.2 Å². The van der Waals surface area contributed by atoms with Crippen LogP contribution >= 0.6 is 0 Å². The summed E-state index contributed by atoms with van der Waals surface area (Å²) in [5.41, 5.74) is 0.426. The Morgan fingerprint density at radius 1 is 1.29 bits per heavy atom. The zero-order chi connectivity index (χ0) is 17.7. The number of fused-ring (bicyclic) bond motifs is 1. The largest absolute Gasteiger partial charge is 0.467 e. The second-order valence-electron chi connectivity index (χ2n) is 5.82. The molecule has 0 bridgehead atoms. The minimum absolute atomic E-state index is 0.0696. The van der Waals surface area contributed by atoms with Gasteiger partial charge in [0.25, 0.3) is 5.56 Å². The smallest absolute Gasteiger partial charge is 0.328 e. The van der Waals surface area contributed by atoms with E-state index in [1.165, 1.54) is 18.0 Å². The number of amides is 1. The van der Waals surface area contributed by atoms with Crippen LogP contribution in [0.4, 0.5) is 0 Å². The van der Waals surface area contributed by atoms with Crippen molar-refractivity contribution < 1.29 is 14.3 Å². The number of hydrogen-bond acceptors (Lipinski definition) is 5. The first-order valence-corrected chi connectivity index (χ1v) is 7.75. The van der Waals surface area contributed by atoms with E-state index in [2.05, 4.69) is 15.0 Å². The lowest BCUT2D eigenvalue weighted by atomic mass is 10.0. The van der Waals surface area contributed by atoms with Crippen LogP contribution in [0.15, 0.2) is 35.4 Å². The summed E-state index contributed by atoms with van der Waals surface area (Å²) in [6.45, 7) is 3.83. The number of nitrogens with zero attached hydrogens (tertiary/aromatic N) is 2. The normalized spacial score (nSPS) is 12.2. The molecule has 0 spiro atoms. The first kappa shape index (κ1) is 17.7. The minimum atomic E-state index is -0.700. The number of esters is 1. The van der Waals surface area contributed by atoms with E-state index < -0.39 is 12.0 Å². The molecule has 1 atom stereocenters. The van der Waals surface area contributed by atoms with Crippen molar-refractivity contribution >= 4 is 22.8 Å². The number of aryl methyl sites for hydroxylation is 1. The Morgan fingerprint density at radius 3 is 2.67 bits per heavy atom. The maximum atomic E-state index is 12.3. The molecule has 0 saturated carbocycles. The summed E-state index contributed by atoms with van der Waals surface area (Å²) in [4.78, 5) is 40.3. The molecule has 0 radical (unpaired) electrons. The number of methoxy groups -OCH3 is 1. The van der Waals surface area contributed by atoms with Gasteiger partial charge in [-0.05, 0) is 18.1 Å². The molecule has 1 aromatic carbocycles. The summed E-state index contributed by atoms with van der Waals surface area (Å²) in [6, 6.07) is 6.34. The average molecular weight is 331 g/mol. The number of ether oxygens (including phenoxy) is 1. The third-order valence-corrected chi connectivity index (χ3v) is 3.75. The van der Waals surface area contributed by atoms with Crippen molar-refractivity contribution in [2.24, 2.45) is 5.92 Å². The van der Waals surface area contributed by atoms with Crippen molar-refractivity contribution in [1.29, 1.82) is 0 Å². The number of aromatic nitrogens is 2. The molecule has 1 amide bonds. The molecule has 128 valence electrons. The second-order valence-corrected chi connectivity index (χ2v) is 5.82. The van der Waals surface area contributed by atoms with Crippen molar-refractivity contribution in [1.82, 2.24) is 14.9 Å². The van der Waals surface area contributed by atoms with E-state index in [0.29, 0.717) is 10.9 Å². The van der Waals surface area contributed by atoms with Crippen LogP contribution in [0.5, 0.6) is 0 Å². The van der Waals surface area contributed by atoms with Crippen LogP contribution in [0.2, 0.25) is 0 Å². The van der Waals surface area contributed by atoms with Gasteiger partial charge in [0.05, 0.1) is 24.3 Å². The lowest BCUT2D eigenvalue weighted by Gasteiger charge is -2.19. The second kappa shape index (κ2) is 7.72. The molecule has 1 unspecified atom stereocenters. The summed E-state index contributed by atoms with van der Waals surface area (Å²) < 4.78 is 6.08. The monoisotopic (exact) mass is 331 g/mol.